The lowest BCUT2D eigenvalue weighted by molar-refractivity contribution is 0.191. The zero-order valence-electron chi connectivity index (χ0n) is 8.74. The number of hydrogen-bond acceptors (Lipinski definition) is 4. The summed E-state index contributed by atoms with van der Waals surface area (Å²) >= 11 is 0. The highest BCUT2D eigenvalue weighted by molar-refractivity contribution is 6.58. The second-order valence-electron chi connectivity index (χ2n) is 4.15. The molecular formula is C9H21NO3Si. The van der Waals surface area contributed by atoms with Crippen LogP contribution >= 0.6 is 0 Å². The highest BCUT2D eigenvalue weighted by atomic mass is 28.4. The monoisotopic (exact) mass is 219 g/mol. The van der Waals surface area contributed by atoms with E-state index in [9.17, 15) is 14.4 Å². The van der Waals surface area contributed by atoms with Crippen LogP contribution in [0.5, 0.6) is 0 Å². The Hall–Kier alpha value is 0.0569. The van der Waals surface area contributed by atoms with Gasteiger partial charge in [0.05, 0.1) is 5.67 Å². The fraction of sp³-hybridized carbons (Fsp3) is 1.00. The summed E-state index contributed by atoms with van der Waals surface area (Å²) in [5, 5.41) is 3.16. The zero-order chi connectivity index (χ0) is 10.6. The molecule has 1 rings (SSSR count). The van der Waals surface area contributed by atoms with Gasteiger partial charge in [-0.2, -0.15) is 0 Å². The van der Waals surface area contributed by atoms with E-state index in [1.165, 1.54) is 19.3 Å². The van der Waals surface area contributed by atoms with Gasteiger partial charge >= 0.3 is 8.80 Å². The highest BCUT2D eigenvalue weighted by Gasteiger charge is 2.38. The maximum atomic E-state index is 9.20. The molecule has 1 atom stereocenters. The first-order valence-electron chi connectivity index (χ1n) is 5.47. The van der Waals surface area contributed by atoms with Gasteiger partial charge in [-0.15, -0.1) is 0 Å². The van der Waals surface area contributed by atoms with Crippen LogP contribution in [0.25, 0.3) is 0 Å². The van der Waals surface area contributed by atoms with Gasteiger partial charge in [-0.1, -0.05) is 26.2 Å². The van der Waals surface area contributed by atoms with E-state index in [0.29, 0.717) is 12.5 Å². The molecule has 0 spiro atoms. The zero-order valence-corrected chi connectivity index (χ0v) is 9.74. The van der Waals surface area contributed by atoms with Gasteiger partial charge in [0.15, 0.2) is 0 Å². The van der Waals surface area contributed by atoms with Gasteiger partial charge in [-0.3, -0.25) is 0 Å². The van der Waals surface area contributed by atoms with Crippen LogP contribution in [0.4, 0.5) is 0 Å². The van der Waals surface area contributed by atoms with E-state index in [0.717, 1.165) is 12.8 Å². The highest BCUT2D eigenvalue weighted by Crippen LogP contribution is 2.19. The van der Waals surface area contributed by atoms with Crippen molar-refractivity contribution >= 4 is 8.80 Å². The van der Waals surface area contributed by atoms with Gasteiger partial charge < -0.3 is 19.7 Å². The molecule has 0 radical (unpaired) electrons. The Balaban J connectivity index is 2.39. The number of nitrogens with one attached hydrogen (secondary N) is 1. The maximum absolute atomic E-state index is 9.20. The van der Waals surface area contributed by atoms with Crippen LogP contribution < -0.4 is 5.32 Å². The molecule has 0 heterocycles. The first-order valence-corrected chi connectivity index (χ1v) is 7.39. The van der Waals surface area contributed by atoms with E-state index < -0.39 is 14.5 Å². The molecule has 0 amide bonds. The second kappa shape index (κ2) is 5.23. The van der Waals surface area contributed by atoms with Crippen molar-refractivity contribution in [3.63, 3.8) is 0 Å². The van der Waals surface area contributed by atoms with E-state index in [2.05, 4.69) is 5.32 Å². The van der Waals surface area contributed by atoms with Crippen LogP contribution in [-0.2, 0) is 0 Å². The minimum Gasteiger partial charge on any atom is -0.389 e. The standard InChI is InChI=1S/C9H21NO3Si/c1-2-9(14(11,12)13)10-8-6-4-3-5-7-8/h8-13H,2-7H2,1H3. The molecule has 0 saturated heterocycles. The van der Waals surface area contributed by atoms with Gasteiger partial charge in [-0.25, -0.2) is 0 Å². The molecule has 0 aliphatic heterocycles. The Bertz CT molecular complexity index is 166. The fourth-order valence-corrected chi connectivity index (χ4v) is 3.06. The molecule has 0 bridgehead atoms. The van der Waals surface area contributed by atoms with Crippen molar-refractivity contribution in [3.05, 3.63) is 0 Å². The average Bonchev–Trinajstić information content (AvgIpc) is 2.14. The van der Waals surface area contributed by atoms with E-state index in [4.69, 9.17) is 0 Å². The number of hydrogen-bond donors (Lipinski definition) is 4. The van der Waals surface area contributed by atoms with Gasteiger partial charge in [0, 0.05) is 6.04 Å². The summed E-state index contributed by atoms with van der Waals surface area (Å²) in [5.41, 5.74) is -0.509. The van der Waals surface area contributed by atoms with Crippen molar-refractivity contribution in [1.82, 2.24) is 5.32 Å². The molecule has 14 heavy (non-hydrogen) atoms. The lowest BCUT2D eigenvalue weighted by Crippen LogP contribution is -2.58. The Kier molecular flexibility index (Phi) is 4.53. The summed E-state index contributed by atoms with van der Waals surface area (Å²) in [6, 6.07) is 0.354. The smallest absolute Gasteiger partial charge is 0.389 e. The third-order valence-corrected chi connectivity index (χ3v) is 4.43. The van der Waals surface area contributed by atoms with Crippen molar-refractivity contribution in [1.29, 1.82) is 0 Å². The summed E-state index contributed by atoms with van der Waals surface area (Å²) < 4.78 is 0. The predicted octanol–water partition coefficient (Wildman–Crippen LogP) is 0.142. The predicted molar refractivity (Wildman–Crippen MR) is 56.5 cm³/mol. The molecule has 0 aromatic heterocycles. The quantitative estimate of drug-likeness (QED) is 0.508. The van der Waals surface area contributed by atoms with Crippen molar-refractivity contribution in [2.45, 2.75) is 57.2 Å². The number of rotatable bonds is 4. The third-order valence-electron chi connectivity index (χ3n) is 2.92. The molecule has 1 aliphatic rings. The normalized spacial score (nSPS) is 22.3. The summed E-state index contributed by atoms with van der Waals surface area (Å²) in [7, 11) is -3.98. The molecular weight excluding hydrogens is 198 g/mol. The topological polar surface area (TPSA) is 72.7 Å². The summed E-state index contributed by atoms with van der Waals surface area (Å²) in [6.07, 6.45) is 6.40. The van der Waals surface area contributed by atoms with E-state index in [-0.39, 0.29) is 0 Å². The van der Waals surface area contributed by atoms with Crippen LogP contribution in [0.2, 0.25) is 0 Å². The van der Waals surface area contributed by atoms with E-state index in [1.807, 2.05) is 6.92 Å². The lowest BCUT2D eigenvalue weighted by atomic mass is 9.95. The molecule has 0 aromatic rings. The Morgan fingerprint density at radius 2 is 1.79 bits per heavy atom. The van der Waals surface area contributed by atoms with Crippen molar-refractivity contribution in [3.8, 4) is 0 Å². The SMILES string of the molecule is CCC(NC1CCCCC1)[Si](O)(O)O. The van der Waals surface area contributed by atoms with E-state index in [1.54, 1.807) is 0 Å². The van der Waals surface area contributed by atoms with Crippen LogP contribution in [0.15, 0.2) is 0 Å². The van der Waals surface area contributed by atoms with Crippen LogP contribution in [-0.4, -0.2) is 34.9 Å². The molecule has 1 saturated carbocycles. The summed E-state index contributed by atoms with van der Waals surface area (Å²) in [4.78, 5) is 27.6. The van der Waals surface area contributed by atoms with Crippen LogP contribution in [0.3, 0.4) is 0 Å². The lowest BCUT2D eigenvalue weighted by Gasteiger charge is -2.30. The molecule has 1 aliphatic carbocycles. The van der Waals surface area contributed by atoms with Gasteiger partial charge in [0.25, 0.3) is 0 Å². The maximum Gasteiger partial charge on any atom is 0.510 e. The fourth-order valence-electron chi connectivity index (χ4n) is 2.06. The average molecular weight is 219 g/mol. The molecule has 4 nitrogen and oxygen atoms in total. The molecule has 5 heteroatoms. The van der Waals surface area contributed by atoms with Crippen LogP contribution in [0, 0.1) is 0 Å². The summed E-state index contributed by atoms with van der Waals surface area (Å²) in [5.74, 6) is 0. The van der Waals surface area contributed by atoms with E-state index >= 15 is 0 Å². The first kappa shape index (κ1) is 12.1. The summed E-state index contributed by atoms with van der Waals surface area (Å²) in [6.45, 7) is 1.85. The molecule has 1 unspecified atom stereocenters. The van der Waals surface area contributed by atoms with Crippen molar-refractivity contribution < 1.29 is 14.4 Å². The largest absolute Gasteiger partial charge is 0.510 e. The molecule has 4 N–H and O–H groups in total. The Labute approximate surface area is 86.3 Å². The Morgan fingerprint density at radius 3 is 2.21 bits per heavy atom. The molecule has 84 valence electrons. The minimum absolute atomic E-state index is 0.354. The molecule has 0 aromatic carbocycles. The van der Waals surface area contributed by atoms with Gasteiger partial charge in [-0.05, 0) is 19.3 Å². The third kappa shape index (κ3) is 3.66. The second-order valence-corrected chi connectivity index (χ2v) is 6.22. The minimum atomic E-state index is -3.98. The molecule has 1 fully saturated rings. The van der Waals surface area contributed by atoms with Gasteiger partial charge in [0.2, 0.25) is 0 Å². The van der Waals surface area contributed by atoms with Crippen LogP contribution in [0.1, 0.15) is 45.4 Å². The first-order chi connectivity index (χ1) is 6.54. The van der Waals surface area contributed by atoms with Gasteiger partial charge in [0.1, 0.15) is 0 Å². The van der Waals surface area contributed by atoms with Crippen molar-refractivity contribution in [2.75, 3.05) is 0 Å². The van der Waals surface area contributed by atoms with Crippen molar-refractivity contribution in [2.24, 2.45) is 0 Å². The Morgan fingerprint density at radius 1 is 1.21 bits per heavy atom.